The van der Waals surface area contributed by atoms with E-state index in [1.807, 2.05) is 35.9 Å². The van der Waals surface area contributed by atoms with E-state index in [1.165, 1.54) is 6.07 Å². The van der Waals surface area contributed by atoms with Crippen molar-refractivity contribution in [3.05, 3.63) is 92.8 Å². The Labute approximate surface area is 257 Å². The first-order chi connectivity index (χ1) is 20.7. The van der Waals surface area contributed by atoms with Crippen LogP contribution >= 0.6 is 23.2 Å². The van der Waals surface area contributed by atoms with Crippen molar-refractivity contribution in [3.8, 4) is 0 Å². The fourth-order valence-electron chi connectivity index (χ4n) is 8.19. The van der Waals surface area contributed by atoms with Gasteiger partial charge in [-0.25, -0.2) is 4.39 Å². The molecule has 2 fully saturated rings. The lowest BCUT2D eigenvalue weighted by atomic mass is 9.73. The molecule has 7 nitrogen and oxygen atoms in total. The van der Waals surface area contributed by atoms with E-state index in [2.05, 4.69) is 17.1 Å². The number of halogens is 3. The van der Waals surface area contributed by atoms with Crippen molar-refractivity contribution in [2.45, 2.75) is 50.2 Å². The number of rotatable bonds is 5. The molecule has 0 bridgehead atoms. The van der Waals surface area contributed by atoms with Gasteiger partial charge in [0.05, 0.1) is 29.8 Å². The molecule has 4 aromatic rings. The second-order valence-corrected chi connectivity index (χ2v) is 13.4. The zero-order valence-corrected chi connectivity index (χ0v) is 25.2. The number of nitrogens with one attached hydrogen (secondary N) is 1. The maximum Gasteiger partial charge on any atom is 0.250 e. The fraction of sp³-hybridized carbons (Fsp3) is 0.364. The number of Topliss-reactive ketones (excluding diaryl/α,β-unsaturated/α-hetero) is 1. The van der Waals surface area contributed by atoms with E-state index in [4.69, 9.17) is 33.0 Å². The van der Waals surface area contributed by atoms with Crippen LogP contribution in [-0.4, -0.2) is 52.2 Å². The molecule has 220 valence electrons. The number of anilines is 1. The molecule has 0 saturated carbocycles. The Kier molecular flexibility index (Phi) is 5.93. The highest BCUT2D eigenvalue weighted by molar-refractivity contribution is 6.31. The standard InChI is InChI=1S/C33H29Cl2FN4O3/c1-3-39-26-13-25-19-9-7-17(27(41)14-32(2)15-43-16-32)11-23(19)38-40(25)30(26)28(20-5-4-6-22(35)29(20)36)33(39)21-10-8-18(34)12-24(21)37-31(33)42/h4-12,26,28,30H,3,13-16H2,1-2H3,(H,37,42)/t26-,28-,30+,33+/m0/s1. The van der Waals surface area contributed by atoms with Gasteiger partial charge in [-0.2, -0.15) is 5.10 Å². The number of carbonyl (C=O) groups excluding carboxylic acids is 2. The Morgan fingerprint density at radius 1 is 1.16 bits per heavy atom. The van der Waals surface area contributed by atoms with Crippen LogP contribution in [0.3, 0.4) is 0 Å². The average Bonchev–Trinajstić information content (AvgIpc) is 3.65. The molecule has 4 atom stereocenters. The first kappa shape index (κ1) is 27.3. The summed E-state index contributed by atoms with van der Waals surface area (Å²) in [7, 11) is 0. The minimum Gasteiger partial charge on any atom is -0.380 e. The van der Waals surface area contributed by atoms with E-state index in [0.717, 1.165) is 16.6 Å². The summed E-state index contributed by atoms with van der Waals surface area (Å²) >= 11 is 12.7. The van der Waals surface area contributed by atoms with Gasteiger partial charge in [-0.3, -0.25) is 19.2 Å². The maximum atomic E-state index is 16.1. The number of amides is 1. The molecular formula is C33H29Cl2FN4O3. The van der Waals surface area contributed by atoms with Crippen LogP contribution < -0.4 is 5.32 Å². The first-order valence-corrected chi connectivity index (χ1v) is 15.4. The zero-order chi connectivity index (χ0) is 29.8. The van der Waals surface area contributed by atoms with Crippen molar-refractivity contribution in [2.75, 3.05) is 25.1 Å². The molecule has 4 aliphatic heterocycles. The van der Waals surface area contributed by atoms with Crippen LogP contribution in [-0.2, 0) is 21.5 Å². The van der Waals surface area contributed by atoms with Crippen LogP contribution in [0.2, 0.25) is 10.0 Å². The van der Waals surface area contributed by atoms with E-state index < -0.39 is 17.3 Å². The molecule has 3 aromatic carbocycles. The minimum absolute atomic E-state index is 0.00597. The predicted molar refractivity (Wildman–Crippen MR) is 162 cm³/mol. The van der Waals surface area contributed by atoms with Crippen LogP contribution in [0.1, 0.15) is 59.4 Å². The summed E-state index contributed by atoms with van der Waals surface area (Å²) in [6.45, 7) is 5.82. The molecule has 1 N–H and O–H groups in total. The Hall–Kier alpha value is -3.30. The number of fused-ring (bicyclic) bond motifs is 7. The number of nitrogens with zero attached hydrogens (tertiary/aromatic N) is 3. The molecule has 1 aromatic heterocycles. The summed E-state index contributed by atoms with van der Waals surface area (Å²) < 4.78 is 23.4. The van der Waals surface area contributed by atoms with Crippen molar-refractivity contribution in [1.29, 1.82) is 0 Å². The normalized spacial score (nSPS) is 26.8. The van der Waals surface area contributed by atoms with Gasteiger partial charge in [-0.15, -0.1) is 0 Å². The zero-order valence-electron chi connectivity index (χ0n) is 23.7. The van der Waals surface area contributed by atoms with E-state index in [1.54, 1.807) is 24.3 Å². The van der Waals surface area contributed by atoms with Crippen LogP contribution in [0.5, 0.6) is 0 Å². The predicted octanol–water partition coefficient (Wildman–Crippen LogP) is 6.52. The number of aromatic nitrogens is 2. The van der Waals surface area contributed by atoms with Gasteiger partial charge < -0.3 is 10.1 Å². The Morgan fingerprint density at radius 3 is 2.72 bits per heavy atom. The van der Waals surface area contributed by atoms with Crippen molar-refractivity contribution in [2.24, 2.45) is 5.41 Å². The lowest BCUT2D eigenvalue weighted by molar-refractivity contribution is -0.127. The van der Waals surface area contributed by atoms with Crippen LogP contribution in [0, 0.1) is 11.2 Å². The van der Waals surface area contributed by atoms with Gasteiger partial charge in [0.15, 0.2) is 5.78 Å². The van der Waals surface area contributed by atoms with Gasteiger partial charge in [-0.05, 0) is 36.4 Å². The van der Waals surface area contributed by atoms with Crippen molar-refractivity contribution >= 4 is 51.5 Å². The summed E-state index contributed by atoms with van der Waals surface area (Å²) in [5, 5.41) is 9.59. The lowest BCUT2D eigenvalue weighted by Gasteiger charge is -2.39. The first-order valence-electron chi connectivity index (χ1n) is 14.6. The number of likely N-dealkylation sites (N-methyl/N-ethyl adjacent to an activating group) is 1. The lowest BCUT2D eigenvalue weighted by Crippen LogP contribution is -2.52. The molecule has 0 radical (unpaired) electrons. The second kappa shape index (κ2) is 9.35. The smallest absolute Gasteiger partial charge is 0.250 e. The minimum atomic E-state index is -1.20. The molecule has 1 amide bonds. The molecular weight excluding hydrogens is 590 g/mol. The van der Waals surface area contributed by atoms with Crippen LogP contribution in [0.15, 0.2) is 54.6 Å². The molecule has 43 heavy (non-hydrogen) atoms. The molecule has 8 rings (SSSR count). The summed E-state index contributed by atoms with van der Waals surface area (Å²) in [5.41, 5.74) is 2.78. The topological polar surface area (TPSA) is 76.5 Å². The van der Waals surface area contributed by atoms with Crippen molar-refractivity contribution in [3.63, 3.8) is 0 Å². The van der Waals surface area contributed by atoms with Gasteiger partial charge in [-0.1, -0.05) is 67.4 Å². The third kappa shape index (κ3) is 3.64. The van der Waals surface area contributed by atoms with E-state index >= 15 is 4.39 Å². The molecule has 0 aliphatic carbocycles. The molecule has 2 saturated heterocycles. The van der Waals surface area contributed by atoms with E-state index in [9.17, 15) is 9.59 Å². The number of carbonyl (C=O) groups is 2. The molecule has 0 unspecified atom stereocenters. The Balaban J connectivity index is 1.31. The Morgan fingerprint density at radius 2 is 1.98 bits per heavy atom. The monoisotopic (exact) mass is 618 g/mol. The summed E-state index contributed by atoms with van der Waals surface area (Å²) in [5.74, 6) is -1.33. The van der Waals surface area contributed by atoms with Crippen molar-refractivity contribution in [1.82, 2.24) is 14.7 Å². The second-order valence-electron chi connectivity index (χ2n) is 12.6. The van der Waals surface area contributed by atoms with E-state index in [0.29, 0.717) is 60.0 Å². The number of ketones is 1. The highest BCUT2D eigenvalue weighted by atomic mass is 35.5. The SMILES string of the molecule is CCN1[C@H]2Cc3c4ccc(C(=O)CC5(C)COC5)cc4nn3[C@H]2[C@H](c2cccc(Cl)c2F)[C@]12C(=O)Nc1cc(Cl)ccc12. The summed E-state index contributed by atoms with van der Waals surface area (Å²) in [6, 6.07) is 15.6. The van der Waals surface area contributed by atoms with Gasteiger partial charge in [0.25, 0.3) is 0 Å². The molecule has 1 spiro atoms. The van der Waals surface area contributed by atoms with E-state index in [-0.39, 0.29) is 34.2 Å². The van der Waals surface area contributed by atoms with Gasteiger partial charge in [0, 0.05) is 63.1 Å². The number of likely N-dealkylation sites (tertiary alicyclic amines) is 1. The maximum absolute atomic E-state index is 16.1. The highest BCUT2D eigenvalue weighted by Gasteiger charge is 2.69. The average molecular weight is 620 g/mol. The summed E-state index contributed by atoms with van der Waals surface area (Å²) in [6.07, 6.45) is 1.04. The number of hydrogen-bond donors (Lipinski definition) is 1. The van der Waals surface area contributed by atoms with Gasteiger partial charge in [0.2, 0.25) is 5.91 Å². The largest absolute Gasteiger partial charge is 0.380 e. The third-order valence-electron chi connectivity index (χ3n) is 9.98. The quantitative estimate of drug-likeness (QED) is 0.258. The molecule has 4 aliphatic rings. The van der Waals surface area contributed by atoms with Gasteiger partial charge >= 0.3 is 0 Å². The summed E-state index contributed by atoms with van der Waals surface area (Å²) in [4.78, 5) is 29.7. The van der Waals surface area contributed by atoms with Gasteiger partial charge in [0.1, 0.15) is 11.4 Å². The van der Waals surface area contributed by atoms with Crippen LogP contribution in [0.25, 0.3) is 10.9 Å². The molecule has 10 heteroatoms. The molecule has 5 heterocycles. The number of benzene rings is 3. The number of hydrogen-bond acceptors (Lipinski definition) is 5. The Bertz CT molecular complexity index is 1870. The van der Waals surface area contributed by atoms with Crippen molar-refractivity contribution < 1.29 is 18.7 Å². The van der Waals surface area contributed by atoms with Crippen LogP contribution in [0.4, 0.5) is 10.1 Å². The third-order valence-corrected chi connectivity index (χ3v) is 10.5. The fourth-order valence-corrected chi connectivity index (χ4v) is 8.54. The number of ether oxygens (including phenoxy) is 1. The highest BCUT2D eigenvalue weighted by Crippen LogP contribution is 2.63.